The quantitative estimate of drug-likeness (QED) is 0.693. The predicted octanol–water partition coefficient (Wildman–Crippen LogP) is 4.43. The van der Waals surface area contributed by atoms with Gasteiger partial charge in [0.05, 0.1) is 12.6 Å². The van der Waals surface area contributed by atoms with Gasteiger partial charge in [0.25, 0.3) is 11.6 Å². The maximum Gasteiger partial charge on any atom is 0.453 e. The summed E-state index contributed by atoms with van der Waals surface area (Å²) >= 11 is 6.04. The lowest BCUT2D eigenvalue weighted by Gasteiger charge is -2.20. The van der Waals surface area contributed by atoms with Gasteiger partial charge in [-0.05, 0) is 31.9 Å². The highest BCUT2D eigenvalue weighted by molar-refractivity contribution is 6.30. The summed E-state index contributed by atoms with van der Waals surface area (Å²) in [5, 5.41) is 7.42. The van der Waals surface area contributed by atoms with E-state index < -0.39 is 12.0 Å². The molecule has 0 fully saturated rings. The first-order valence-corrected chi connectivity index (χ1v) is 8.69. The van der Waals surface area contributed by atoms with E-state index in [4.69, 9.17) is 16.3 Å². The smallest absolute Gasteiger partial charge is 0.453 e. The Morgan fingerprint density at radius 3 is 2.85 bits per heavy atom. The van der Waals surface area contributed by atoms with E-state index >= 15 is 0 Å². The second kappa shape index (κ2) is 6.56. The van der Waals surface area contributed by atoms with E-state index in [1.807, 2.05) is 6.07 Å². The highest BCUT2D eigenvalue weighted by Gasteiger charge is 2.37. The first-order valence-electron chi connectivity index (χ1n) is 8.31. The van der Waals surface area contributed by atoms with Gasteiger partial charge in [-0.3, -0.25) is 0 Å². The topological polar surface area (TPSA) is 64.3 Å². The van der Waals surface area contributed by atoms with Crippen molar-refractivity contribution >= 4 is 23.2 Å². The zero-order chi connectivity index (χ0) is 19.2. The number of hydrogen-bond acceptors (Lipinski definition) is 5. The molecule has 1 aliphatic rings. The highest BCUT2D eigenvalue weighted by atomic mass is 35.5. The Bertz CT molecular complexity index is 1000. The molecule has 3 aromatic rings. The molecule has 0 radical (unpaired) electrons. The summed E-state index contributed by atoms with van der Waals surface area (Å²) in [5.41, 5.74) is 1.42. The second-order valence-corrected chi connectivity index (χ2v) is 6.73. The molecule has 1 N–H and O–H groups in total. The maximum absolute atomic E-state index is 13.0. The van der Waals surface area contributed by atoms with Gasteiger partial charge in [0.1, 0.15) is 11.6 Å². The Labute approximate surface area is 157 Å². The van der Waals surface area contributed by atoms with E-state index in [0.717, 1.165) is 22.9 Å². The Balaban J connectivity index is 1.76. The number of aryl methyl sites for hydroxylation is 1. The van der Waals surface area contributed by atoms with E-state index in [2.05, 4.69) is 20.4 Å². The lowest BCUT2D eigenvalue weighted by atomic mass is 10.0. The molecule has 1 unspecified atom stereocenters. The van der Waals surface area contributed by atoms with E-state index in [0.29, 0.717) is 28.9 Å². The number of benzene rings is 1. The summed E-state index contributed by atoms with van der Waals surface area (Å²) in [6.07, 6.45) is -3.13. The summed E-state index contributed by atoms with van der Waals surface area (Å²) in [6.45, 7) is 2.23. The first kappa shape index (κ1) is 17.8. The lowest BCUT2D eigenvalue weighted by Crippen LogP contribution is -2.14. The molecule has 3 heterocycles. The summed E-state index contributed by atoms with van der Waals surface area (Å²) in [4.78, 5) is 7.55. The van der Waals surface area contributed by atoms with Gasteiger partial charge >= 0.3 is 6.18 Å². The molecule has 1 aliphatic heterocycles. The summed E-state index contributed by atoms with van der Waals surface area (Å²) in [6, 6.07) is 6.82. The van der Waals surface area contributed by atoms with Crippen molar-refractivity contribution in [3.8, 4) is 5.75 Å². The van der Waals surface area contributed by atoms with Gasteiger partial charge in [-0.15, -0.1) is 5.10 Å². The number of nitrogens with zero attached hydrogens (tertiary/aromatic N) is 4. The van der Waals surface area contributed by atoms with Crippen molar-refractivity contribution in [3.63, 3.8) is 0 Å². The molecule has 27 heavy (non-hydrogen) atoms. The number of anilines is 1. The van der Waals surface area contributed by atoms with Crippen LogP contribution in [0.25, 0.3) is 5.78 Å². The van der Waals surface area contributed by atoms with E-state index in [9.17, 15) is 13.2 Å². The molecule has 0 amide bonds. The number of fused-ring (bicyclic) bond motifs is 2. The van der Waals surface area contributed by atoms with E-state index in [-0.39, 0.29) is 11.8 Å². The molecule has 1 aromatic carbocycles. The fraction of sp³-hybridized carbons (Fsp3) is 0.353. The van der Waals surface area contributed by atoms with Crippen molar-refractivity contribution < 1.29 is 17.9 Å². The molecule has 10 heteroatoms. The molecule has 4 rings (SSSR count). The van der Waals surface area contributed by atoms with Crippen LogP contribution in [0.4, 0.5) is 19.0 Å². The van der Waals surface area contributed by atoms with Crippen LogP contribution in [-0.2, 0) is 6.18 Å². The van der Waals surface area contributed by atoms with Gasteiger partial charge in [0, 0.05) is 22.3 Å². The SMILES string of the molecule is Cc1cc(NC2CCCOc3cc(Cl)ccc32)n2nc(C(F)(F)F)nc2n1. The Hall–Kier alpha value is -2.55. The average Bonchev–Trinajstić information content (AvgIpc) is 2.93. The average molecular weight is 398 g/mol. The van der Waals surface area contributed by atoms with Crippen molar-refractivity contribution in [2.24, 2.45) is 0 Å². The summed E-state index contributed by atoms with van der Waals surface area (Å²) < 4.78 is 45.8. The number of hydrogen-bond donors (Lipinski definition) is 1. The van der Waals surface area contributed by atoms with Crippen molar-refractivity contribution in [2.75, 3.05) is 11.9 Å². The summed E-state index contributed by atoms with van der Waals surface area (Å²) in [7, 11) is 0. The minimum Gasteiger partial charge on any atom is -0.493 e. The minimum atomic E-state index is -4.64. The van der Waals surface area contributed by atoms with Crippen LogP contribution in [0, 0.1) is 6.92 Å². The van der Waals surface area contributed by atoms with Crippen LogP contribution in [-0.4, -0.2) is 26.2 Å². The first-order chi connectivity index (χ1) is 12.8. The number of ether oxygens (including phenoxy) is 1. The number of halogens is 4. The molecule has 0 spiro atoms. The van der Waals surface area contributed by atoms with Crippen LogP contribution < -0.4 is 10.1 Å². The maximum atomic E-state index is 13.0. The molecule has 0 aliphatic carbocycles. The standard InChI is InChI=1S/C17H15ClF3N5O/c1-9-7-14(26-16(22-9)24-15(25-26)17(19,20)21)23-12-3-2-6-27-13-8-10(18)4-5-11(12)13/h4-5,7-8,12,23H,2-3,6H2,1H3. The molecule has 0 saturated heterocycles. The molecular weight excluding hydrogens is 383 g/mol. The van der Waals surface area contributed by atoms with Gasteiger partial charge in [0.2, 0.25) is 0 Å². The minimum absolute atomic E-state index is 0.106. The van der Waals surface area contributed by atoms with E-state index in [1.165, 1.54) is 0 Å². The fourth-order valence-corrected chi connectivity index (χ4v) is 3.25. The molecule has 1 atom stereocenters. The lowest BCUT2D eigenvalue weighted by molar-refractivity contribution is -0.144. The van der Waals surface area contributed by atoms with Crippen LogP contribution in [0.3, 0.4) is 0 Å². The third kappa shape index (κ3) is 3.51. The molecule has 0 saturated carbocycles. The predicted molar refractivity (Wildman–Crippen MR) is 93.1 cm³/mol. The summed E-state index contributed by atoms with van der Waals surface area (Å²) in [5.74, 6) is -0.284. The Morgan fingerprint density at radius 1 is 1.26 bits per heavy atom. The molecule has 6 nitrogen and oxygen atoms in total. The number of rotatable bonds is 2. The van der Waals surface area contributed by atoms with Gasteiger partial charge in [-0.25, -0.2) is 4.98 Å². The number of aromatic nitrogens is 4. The van der Waals surface area contributed by atoms with Crippen LogP contribution in [0.5, 0.6) is 5.75 Å². The Morgan fingerprint density at radius 2 is 2.07 bits per heavy atom. The third-order valence-electron chi connectivity index (χ3n) is 4.26. The van der Waals surface area contributed by atoms with Crippen LogP contribution in [0.15, 0.2) is 24.3 Å². The largest absolute Gasteiger partial charge is 0.493 e. The Kier molecular flexibility index (Phi) is 4.33. The molecule has 0 bridgehead atoms. The zero-order valence-corrected chi connectivity index (χ0v) is 15.0. The van der Waals surface area contributed by atoms with Crippen molar-refractivity contribution in [3.05, 3.63) is 46.4 Å². The van der Waals surface area contributed by atoms with Gasteiger partial charge in [-0.2, -0.15) is 22.7 Å². The zero-order valence-electron chi connectivity index (χ0n) is 14.2. The fourth-order valence-electron chi connectivity index (χ4n) is 3.08. The number of alkyl halides is 3. The number of nitrogens with one attached hydrogen (secondary N) is 1. The van der Waals surface area contributed by atoms with Gasteiger partial charge < -0.3 is 10.1 Å². The van der Waals surface area contributed by atoms with Gasteiger partial charge in [-0.1, -0.05) is 17.7 Å². The van der Waals surface area contributed by atoms with Crippen LogP contribution in [0.1, 0.15) is 36.0 Å². The molecular formula is C17H15ClF3N5O. The molecule has 142 valence electrons. The molecule has 2 aromatic heterocycles. The van der Waals surface area contributed by atoms with Crippen LogP contribution in [0.2, 0.25) is 5.02 Å². The van der Waals surface area contributed by atoms with Crippen LogP contribution >= 0.6 is 11.6 Å². The highest BCUT2D eigenvalue weighted by Crippen LogP contribution is 2.36. The third-order valence-corrected chi connectivity index (χ3v) is 4.50. The monoisotopic (exact) mass is 397 g/mol. The van der Waals surface area contributed by atoms with Crippen molar-refractivity contribution in [1.29, 1.82) is 0 Å². The second-order valence-electron chi connectivity index (χ2n) is 6.30. The van der Waals surface area contributed by atoms with Gasteiger partial charge in [0.15, 0.2) is 0 Å². The van der Waals surface area contributed by atoms with Crippen molar-refractivity contribution in [1.82, 2.24) is 19.6 Å². The van der Waals surface area contributed by atoms with Crippen molar-refractivity contribution in [2.45, 2.75) is 32.0 Å². The van der Waals surface area contributed by atoms with E-state index in [1.54, 1.807) is 25.1 Å². The normalized spacial score (nSPS) is 17.3.